The van der Waals surface area contributed by atoms with Crippen LogP contribution in [0.5, 0.6) is 0 Å². The second-order valence-electron chi connectivity index (χ2n) is 4.00. The van der Waals surface area contributed by atoms with E-state index in [-0.39, 0.29) is 12.5 Å². The van der Waals surface area contributed by atoms with E-state index in [0.717, 1.165) is 4.88 Å². The molecule has 5 heteroatoms. The highest BCUT2D eigenvalue weighted by molar-refractivity contribution is 7.09. The van der Waals surface area contributed by atoms with Crippen molar-refractivity contribution in [1.82, 2.24) is 10.3 Å². The van der Waals surface area contributed by atoms with E-state index in [1.165, 1.54) is 6.20 Å². The van der Waals surface area contributed by atoms with Gasteiger partial charge in [0, 0.05) is 29.3 Å². The third-order valence-corrected chi connectivity index (χ3v) is 3.35. The molecule has 0 aliphatic rings. The first-order chi connectivity index (χ1) is 9.79. The van der Waals surface area contributed by atoms with Gasteiger partial charge < -0.3 is 10.4 Å². The minimum Gasteiger partial charge on any atom is -0.395 e. The Balaban J connectivity index is 1.99. The van der Waals surface area contributed by atoms with Crippen LogP contribution in [0, 0.1) is 11.8 Å². The Morgan fingerprint density at radius 1 is 1.45 bits per heavy atom. The van der Waals surface area contributed by atoms with Crippen molar-refractivity contribution in [1.29, 1.82) is 0 Å². The summed E-state index contributed by atoms with van der Waals surface area (Å²) >= 11 is 1.60. The monoisotopic (exact) mass is 286 g/mol. The highest BCUT2D eigenvalue weighted by atomic mass is 32.1. The van der Waals surface area contributed by atoms with Gasteiger partial charge in [-0.15, -0.1) is 11.3 Å². The first kappa shape index (κ1) is 14.3. The second-order valence-corrected chi connectivity index (χ2v) is 5.03. The van der Waals surface area contributed by atoms with Gasteiger partial charge in [-0.25, -0.2) is 0 Å². The highest BCUT2D eigenvalue weighted by Crippen LogP contribution is 2.08. The maximum absolute atomic E-state index is 12.0. The lowest BCUT2D eigenvalue weighted by Gasteiger charge is -2.03. The van der Waals surface area contributed by atoms with Crippen LogP contribution in [0.2, 0.25) is 0 Å². The van der Waals surface area contributed by atoms with Crippen LogP contribution in [0.3, 0.4) is 0 Å². The van der Waals surface area contributed by atoms with Crippen molar-refractivity contribution in [3.63, 3.8) is 0 Å². The average Bonchev–Trinajstić information content (AvgIpc) is 2.99. The van der Waals surface area contributed by atoms with E-state index in [0.29, 0.717) is 24.1 Å². The third kappa shape index (κ3) is 4.19. The standard InChI is InChI=1S/C15H14N2O2S/c18-6-2-1-4-12-8-13(10-16-9-12)15(19)17-11-14-5-3-7-20-14/h3,5,7-10,18H,2,6,11H2,(H,17,19). The number of hydrogen-bond acceptors (Lipinski definition) is 4. The molecule has 0 fully saturated rings. The largest absolute Gasteiger partial charge is 0.395 e. The van der Waals surface area contributed by atoms with Gasteiger partial charge in [0.2, 0.25) is 0 Å². The molecule has 0 aromatic carbocycles. The molecular weight excluding hydrogens is 272 g/mol. The van der Waals surface area contributed by atoms with E-state index >= 15 is 0 Å². The second kappa shape index (κ2) is 7.43. The topological polar surface area (TPSA) is 62.2 Å². The molecule has 4 nitrogen and oxygen atoms in total. The Morgan fingerprint density at radius 2 is 2.35 bits per heavy atom. The van der Waals surface area contributed by atoms with Gasteiger partial charge >= 0.3 is 0 Å². The molecule has 0 saturated carbocycles. The number of carbonyl (C=O) groups is 1. The van der Waals surface area contributed by atoms with E-state index in [1.807, 2.05) is 17.5 Å². The zero-order valence-electron chi connectivity index (χ0n) is 10.8. The van der Waals surface area contributed by atoms with Gasteiger partial charge in [0.15, 0.2) is 0 Å². The van der Waals surface area contributed by atoms with Crippen molar-refractivity contribution < 1.29 is 9.90 Å². The van der Waals surface area contributed by atoms with Crippen molar-refractivity contribution in [2.24, 2.45) is 0 Å². The number of amides is 1. The summed E-state index contributed by atoms with van der Waals surface area (Å²) in [4.78, 5) is 17.1. The maximum atomic E-state index is 12.0. The van der Waals surface area contributed by atoms with Crippen molar-refractivity contribution >= 4 is 17.2 Å². The van der Waals surface area contributed by atoms with Crippen LogP contribution in [0.1, 0.15) is 27.2 Å². The van der Waals surface area contributed by atoms with Crippen LogP contribution in [-0.4, -0.2) is 22.6 Å². The zero-order chi connectivity index (χ0) is 14.2. The molecule has 2 aromatic rings. The fourth-order valence-corrected chi connectivity index (χ4v) is 2.18. The normalized spacial score (nSPS) is 9.65. The molecule has 0 spiro atoms. The molecule has 20 heavy (non-hydrogen) atoms. The lowest BCUT2D eigenvalue weighted by molar-refractivity contribution is 0.0951. The lowest BCUT2D eigenvalue weighted by Crippen LogP contribution is -2.22. The van der Waals surface area contributed by atoms with Gasteiger partial charge in [0.25, 0.3) is 5.91 Å². The molecule has 0 aliphatic carbocycles. The number of aromatic nitrogens is 1. The van der Waals surface area contributed by atoms with E-state index < -0.39 is 0 Å². The predicted octanol–water partition coefficient (Wildman–Crippen LogP) is 1.81. The minimum atomic E-state index is -0.170. The van der Waals surface area contributed by atoms with E-state index in [2.05, 4.69) is 22.1 Å². The van der Waals surface area contributed by atoms with Crippen molar-refractivity contribution in [2.75, 3.05) is 6.61 Å². The predicted molar refractivity (Wildman–Crippen MR) is 78.3 cm³/mol. The summed E-state index contributed by atoms with van der Waals surface area (Å²) in [5.74, 6) is 5.49. The Bertz CT molecular complexity index is 627. The number of aliphatic hydroxyl groups excluding tert-OH is 1. The molecule has 0 radical (unpaired) electrons. The van der Waals surface area contributed by atoms with Crippen LogP contribution in [0.4, 0.5) is 0 Å². The van der Waals surface area contributed by atoms with Gasteiger partial charge in [0.05, 0.1) is 18.7 Å². The first-order valence-corrected chi connectivity index (χ1v) is 7.03. The molecule has 0 bridgehead atoms. The maximum Gasteiger partial charge on any atom is 0.253 e. The lowest BCUT2D eigenvalue weighted by atomic mass is 10.2. The van der Waals surface area contributed by atoms with Crippen molar-refractivity contribution in [2.45, 2.75) is 13.0 Å². The molecule has 0 atom stereocenters. The van der Waals surface area contributed by atoms with Crippen molar-refractivity contribution in [3.8, 4) is 11.8 Å². The summed E-state index contributed by atoms with van der Waals surface area (Å²) in [5.41, 5.74) is 1.15. The molecule has 2 rings (SSSR count). The molecule has 1 amide bonds. The van der Waals surface area contributed by atoms with E-state index in [4.69, 9.17) is 5.11 Å². The van der Waals surface area contributed by atoms with Gasteiger partial charge in [-0.1, -0.05) is 17.9 Å². The number of pyridine rings is 1. The number of nitrogens with zero attached hydrogens (tertiary/aromatic N) is 1. The third-order valence-electron chi connectivity index (χ3n) is 2.47. The molecule has 2 aromatic heterocycles. The van der Waals surface area contributed by atoms with Gasteiger partial charge in [-0.05, 0) is 17.5 Å². The zero-order valence-corrected chi connectivity index (χ0v) is 11.6. The summed E-state index contributed by atoms with van der Waals surface area (Å²) in [6, 6.07) is 5.62. The van der Waals surface area contributed by atoms with Crippen LogP contribution in [-0.2, 0) is 6.54 Å². The minimum absolute atomic E-state index is 0.0292. The number of aliphatic hydroxyl groups is 1. The Labute approximate surface area is 121 Å². The Hall–Kier alpha value is -2.16. The molecule has 0 saturated heterocycles. The summed E-state index contributed by atoms with van der Waals surface area (Å²) in [6.07, 6.45) is 3.52. The smallest absolute Gasteiger partial charge is 0.253 e. The average molecular weight is 286 g/mol. The molecule has 0 unspecified atom stereocenters. The molecule has 102 valence electrons. The summed E-state index contributed by atoms with van der Waals surface area (Å²) in [7, 11) is 0. The number of thiophene rings is 1. The summed E-state index contributed by atoms with van der Waals surface area (Å²) < 4.78 is 0. The fourth-order valence-electron chi connectivity index (χ4n) is 1.54. The Kier molecular flexibility index (Phi) is 5.30. The van der Waals surface area contributed by atoms with E-state index in [9.17, 15) is 4.79 Å². The number of nitrogens with one attached hydrogen (secondary N) is 1. The summed E-state index contributed by atoms with van der Waals surface area (Å²) in [6.45, 7) is 0.540. The van der Waals surface area contributed by atoms with E-state index in [1.54, 1.807) is 23.6 Å². The number of carbonyl (C=O) groups excluding carboxylic acids is 1. The van der Waals surface area contributed by atoms with Crippen LogP contribution in [0.15, 0.2) is 36.0 Å². The molecular formula is C15H14N2O2S. The van der Waals surface area contributed by atoms with Crippen LogP contribution in [0.25, 0.3) is 0 Å². The SMILES string of the molecule is O=C(NCc1cccs1)c1cncc(C#CCCO)c1. The van der Waals surface area contributed by atoms with Gasteiger partial charge in [-0.3, -0.25) is 9.78 Å². The molecule has 2 heterocycles. The molecule has 2 N–H and O–H groups in total. The number of hydrogen-bond donors (Lipinski definition) is 2. The van der Waals surface area contributed by atoms with Gasteiger partial charge in [0.1, 0.15) is 0 Å². The first-order valence-electron chi connectivity index (χ1n) is 6.15. The summed E-state index contributed by atoms with van der Waals surface area (Å²) in [5, 5.41) is 13.5. The van der Waals surface area contributed by atoms with Crippen LogP contribution < -0.4 is 5.32 Å². The fraction of sp³-hybridized carbons (Fsp3) is 0.200. The van der Waals surface area contributed by atoms with Crippen LogP contribution >= 0.6 is 11.3 Å². The molecule has 0 aliphatic heterocycles. The number of rotatable bonds is 4. The quantitative estimate of drug-likeness (QED) is 0.843. The van der Waals surface area contributed by atoms with Crippen molar-refractivity contribution in [3.05, 3.63) is 52.0 Å². The van der Waals surface area contributed by atoms with Gasteiger partial charge in [-0.2, -0.15) is 0 Å². The Morgan fingerprint density at radius 3 is 3.10 bits per heavy atom. The highest BCUT2D eigenvalue weighted by Gasteiger charge is 2.06.